The van der Waals surface area contributed by atoms with Gasteiger partial charge in [0, 0.05) is 0 Å². The van der Waals surface area contributed by atoms with Gasteiger partial charge >= 0.3 is 0 Å². The van der Waals surface area contributed by atoms with Gasteiger partial charge in [0.05, 0.1) is 0 Å². The molecule has 0 heterocycles. The lowest BCUT2D eigenvalue weighted by atomic mass is 9.73. The highest BCUT2D eigenvalue weighted by Gasteiger charge is 2.24. The van der Waals surface area contributed by atoms with Crippen LogP contribution in [-0.4, -0.2) is 0 Å². The quantitative estimate of drug-likeness (QED) is 0.563. The zero-order valence-corrected chi connectivity index (χ0v) is 7.56. The first-order chi connectivity index (χ1) is 4.68. The van der Waals surface area contributed by atoms with Gasteiger partial charge in [-0.3, -0.25) is 0 Å². The average Bonchev–Trinajstić information content (AvgIpc) is 1.77. The summed E-state index contributed by atoms with van der Waals surface area (Å²) in [5, 5.41) is 0. The molecule has 0 radical (unpaired) electrons. The summed E-state index contributed by atoms with van der Waals surface area (Å²) in [4.78, 5) is 0. The van der Waals surface area contributed by atoms with E-state index in [0.717, 1.165) is 17.8 Å². The molecular weight excluding hydrogens is 120 g/mol. The Bertz CT molecular complexity index is 88.2. The molecule has 0 spiro atoms. The zero-order chi connectivity index (χ0) is 7.56. The van der Waals surface area contributed by atoms with Crippen LogP contribution in [0.1, 0.15) is 46.5 Å². The van der Waals surface area contributed by atoms with Gasteiger partial charge in [0.1, 0.15) is 0 Å². The summed E-state index contributed by atoms with van der Waals surface area (Å²) >= 11 is 0. The van der Waals surface area contributed by atoms with Gasteiger partial charge in [0.2, 0.25) is 0 Å². The lowest BCUT2D eigenvalue weighted by Crippen LogP contribution is -2.21. The van der Waals surface area contributed by atoms with Crippen LogP contribution in [0.4, 0.5) is 0 Å². The zero-order valence-electron chi connectivity index (χ0n) is 7.56. The molecule has 0 saturated heterocycles. The van der Waals surface area contributed by atoms with Crippen molar-refractivity contribution in [3.63, 3.8) is 0 Å². The van der Waals surface area contributed by atoms with Crippen LogP contribution in [0.2, 0.25) is 0 Å². The summed E-state index contributed by atoms with van der Waals surface area (Å²) in [5.74, 6) is 3.05. The lowest BCUT2D eigenvalue weighted by Gasteiger charge is -2.33. The van der Waals surface area contributed by atoms with Crippen molar-refractivity contribution in [3.8, 4) is 0 Å². The molecule has 10 heavy (non-hydrogen) atoms. The molecule has 1 fully saturated rings. The SMILES string of the molecule is CC(C)CCC1CC(C)C1. The van der Waals surface area contributed by atoms with Gasteiger partial charge in [-0.1, -0.05) is 33.6 Å². The molecule has 1 rings (SSSR count). The molecule has 0 aliphatic heterocycles. The van der Waals surface area contributed by atoms with E-state index in [1.54, 1.807) is 0 Å². The third kappa shape index (κ3) is 2.32. The van der Waals surface area contributed by atoms with Crippen molar-refractivity contribution >= 4 is 0 Å². The molecule has 1 aliphatic rings. The van der Waals surface area contributed by atoms with Gasteiger partial charge in [-0.2, -0.15) is 0 Å². The summed E-state index contributed by atoms with van der Waals surface area (Å²) < 4.78 is 0. The second-order valence-corrected chi connectivity index (χ2v) is 4.41. The number of rotatable bonds is 3. The molecule has 1 aliphatic carbocycles. The van der Waals surface area contributed by atoms with E-state index in [2.05, 4.69) is 20.8 Å². The third-order valence-corrected chi connectivity index (χ3v) is 2.62. The van der Waals surface area contributed by atoms with Crippen molar-refractivity contribution in [1.29, 1.82) is 0 Å². The highest BCUT2D eigenvalue weighted by molar-refractivity contribution is 4.76. The van der Waals surface area contributed by atoms with E-state index < -0.39 is 0 Å². The molecule has 0 aromatic rings. The van der Waals surface area contributed by atoms with Crippen LogP contribution in [0.5, 0.6) is 0 Å². The van der Waals surface area contributed by atoms with Crippen LogP contribution in [0.3, 0.4) is 0 Å². The molecule has 0 atom stereocenters. The van der Waals surface area contributed by atoms with Crippen LogP contribution in [0.25, 0.3) is 0 Å². The smallest absolute Gasteiger partial charge is 0.0409 e. The lowest BCUT2D eigenvalue weighted by molar-refractivity contribution is 0.190. The Hall–Kier alpha value is 0. The van der Waals surface area contributed by atoms with Crippen LogP contribution < -0.4 is 0 Å². The molecule has 0 bridgehead atoms. The van der Waals surface area contributed by atoms with E-state index in [-0.39, 0.29) is 0 Å². The monoisotopic (exact) mass is 140 g/mol. The first-order valence-electron chi connectivity index (χ1n) is 4.68. The summed E-state index contributed by atoms with van der Waals surface area (Å²) in [5.41, 5.74) is 0. The second-order valence-electron chi connectivity index (χ2n) is 4.41. The van der Waals surface area contributed by atoms with Crippen molar-refractivity contribution in [2.45, 2.75) is 46.5 Å². The third-order valence-electron chi connectivity index (χ3n) is 2.62. The summed E-state index contributed by atoms with van der Waals surface area (Å²) in [6.45, 7) is 7.01. The molecule has 0 unspecified atom stereocenters. The Kier molecular flexibility index (Phi) is 2.76. The molecule has 1 saturated carbocycles. The Morgan fingerprint density at radius 3 is 2.30 bits per heavy atom. The molecule has 0 aromatic heterocycles. The second kappa shape index (κ2) is 3.41. The maximum atomic E-state index is 2.37. The average molecular weight is 140 g/mol. The van der Waals surface area contributed by atoms with Crippen molar-refractivity contribution < 1.29 is 0 Å². The van der Waals surface area contributed by atoms with Crippen molar-refractivity contribution in [3.05, 3.63) is 0 Å². The van der Waals surface area contributed by atoms with Gasteiger partial charge in [-0.25, -0.2) is 0 Å². The van der Waals surface area contributed by atoms with Gasteiger partial charge in [0.15, 0.2) is 0 Å². The van der Waals surface area contributed by atoms with Crippen molar-refractivity contribution in [1.82, 2.24) is 0 Å². The number of hydrogen-bond donors (Lipinski definition) is 0. The first-order valence-corrected chi connectivity index (χ1v) is 4.68. The minimum atomic E-state index is 0.913. The molecule has 0 heteroatoms. The first kappa shape index (κ1) is 8.10. The highest BCUT2D eigenvalue weighted by Crippen LogP contribution is 2.36. The standard InChI is InChI=1S/C10H20/c1-8(2)4-5-10-6-9(3)7-10/h8-10H,4-7H2,1-3H3. The highest BCUT2D eigenvalue weighted by atomic mass is 14.3. The van der Waals surface area contributed by atoms with E-state index in [0.29, 0.717) is 0 Å². The Morgan fingerprint density at radius 1 is 1.30 bits per heavy atom. The Labute approximate surface area is 65.0 Å². The summed E-state index contributed by atoms with van der Waals surface area (Å²) in [7, 11) is 0. The normalized spacial score (nSPS) is 32.4. The number of hydrogen-bond acceptors (Lipinski definition) is 0. The fourth-order valence-corrected chi connectivity index (χ4v) is 1.87. The molecule has 0 N–H and O–H groups in total. The van der Waals surface area contributed by atoms with E-state index in [1.165, 1.54) is 25.7 Å². The van der Waals surface area contributed by atoms with Gasteiger partial charge < -0.3 is 0 Å². The van der Waals surface area contributed by atoms with E-state index >= 15 is 0 Å². The fourth-order valence-electron chi connectivity index (χ4n) is 1.87. The molecule has 0 aromatic carbocycles. The Balaban J connectivity index is 1.95. The molecule has 0 amide bonds. The summed E-state index contributed by atoms with van der Waals surface area (Å²) in [6.07, 6.45) is 5.94. The minimum Gasteiger partial charge on any atom is -0.0628 e. The van der Waals surface area contributed by atoms with Crippen LogP contribution in [-0.2, 0) is 0 Å². The van der Waals surface area contributed by atoms with Crippen molar-refractivity contribution in [2.24, 2.45) is 17.8 Å². The van der Waals surface area contributed by atoms with Crippen LogP contribution >= 0.6 is 0 Å². The Morgan fingerprint density at radius 2 is 1.90 bits per heavy atom. The van der Waals surface area contributed by atoms with Gasteiger partial charge in [0.25, 0.3) is 0 Å². The van der Waals surface area contributed by atoms with Crippen molar-refractivity contribution in [2.75, 3.05) is 0 Å². The fraction of sp³-hybridized carbons (Fsp3) is 1.00. The predicted octanol–water partition coefficient (Wildman–Crippen LogP) is 3.47. The van der Waals surface area contributed by atoms with E-state index in [4.69, 9.17) is 0 Å². The van der Waals surface area contributed by atoms with Gasteiger partial charge in [-0.15, -0.1) is 0 Å². The molecule has 0 nitrogen and oxygen atoms in total. The topological polar surface area (TPSA) is 0 Å². The van der Waals surface area contributed by atoms with E-state index in [9.17, 15) is 0 Å². The molecule has 60 valence electrons. The maximum absolute atomic E-state index is 2.37. The maximum Gasteiger partial charge on any atom is -0.0409 e. The molecular formula is C10H20. The van der Waals surface area contributed by atoms with E-state index in [1.807, 2.05) is 0 Å². The predicted molar refractivity (Wildman–Crippen MR) is 46.0 cm³/mol. The van der Waals surface area contributed by atoms with Gasteiger partial charge in [-0.05, 0) is 30.6 Å². The minimum absolute atomic E-state index is 0.913. The summed E-state index contributed by atoms with van der Waals surface area (Å²) in [6, 6.07) is 0. The van der Waals surface area contributed by atoms with Crippen LogP contribution in [0.15, 0.2) is 0 Å². The largest absolute Gasteiger partial charge is 0.0628 e. The van der Waals surface area contributed by atoms with Crippen LogP contribution in [0, 0.1) is 17.8 Å².